The molecule has 0 aliphatic rings. The number of hydrogen-bond acceptors (Lipinski definition) is 3. The molecule has 1 rings (SSSR count). The van der Waals surface area contributed by atoms with E-state index < -0.39 is 9.84 Å². The van der Waals surface area contributed by atoms with Gasteiger partial charge in [0, 0.05) is 6.42 Å². The van der Waals surface area contributed by atoms with Crippen LogP contribution in [0.2, 0.25) is 10.0 Å². The van der Waals surface area contributed by atoms with Gasteiger partial charge in [-0.25, -0.2) is 8.42 Å². The molecule has 0 atom stereocenters. The van der Waals surface area contributed by atoms with Crippen molar-refractivity contribution < 1.29 is 8.42 Å². The van der Waals surface area contributed by atoms with E-state index in [4.69, 9.17) is 28.5 Å². The average Bonchev–Trinajstić information content (AvgIpc) is 2.19. The molecule has 0 unspecified atom stereocenters. The zero-order valence-corrected chi connectivity index (χ0v) is 9.90. The molecule has 0 spiro atoms. The third-order valence-corrected chi connectivity index (χ3v) is 4.19. The lowest BCUT2D eigenvalue weighted by atomic mass is 10.4. The van der Waals surface area contributed by atoms with Gasteiger partial charge >= 0.3 is 0 Å². The van der Waals surface area contributed by atoms with Crippen molar-refractivity contribution in [3.8, 4) is 6.07 Å². The predicted octanol–water partition coefficient (Wildman–Crippen LogP) is 2.68. The molecule has 0 amide bonds. The average molecular weight is 264 g/mol. The van der Waals surface area contributed by atoms with Crippen LogP contribution < -0.4 is 0 Å². The van der Waals surface area contributed by atoms with Crippen molar-refractivity contribution in [3.63, 3.8) is 0 Å². The Morgan fingerprint density at radius 3 is 2.47 bits per heavy atom. The van der Waals surface area contributed by atoms with Crippen LogP contribution in [0.15, 0.2) is 23.1 Å². The minimum absolute atomic E-state index is 0.0391. The Bertz CT molecular complexity index is 505. The minimum atomic E-state index is -3.43. The Labute approximate surface area is 98.2 Å². The van der Waals surface area contributed by atoms with Crippen LogP contribution in [-0.4, -0.2) is 14.2 Å². The van der Waals surface area contributed by atoms with Crippen LogP contribution in [0.25, 0.3) is 0 Å². The molecule has 3 nitrogen and oxygen atoms in total. The van der Waals surface area contributed by atoms with E-state index >= 15 is 0 Å². The van der Waals surface area contributed by atoms with Gasteiger partial charge in [0.2, 0.25) is 0 Å². The van der Waals surface area contributed by atoms with Gasteiger partial charge in [-0.1, -0.05) is 23.2 Å². The molecule has 0 bridgehead atoms. The van der Waals surface area contributed by atoms with Crippen molar-refractivity contribution in [1.82, 2.24) is 0 Å². The normalized spacial score (nSPS) is 11.0. The minimum Gasteiger partial charge on any atom is -0.224 e. The highest BCUT2D eigenvalue weighted by atomic mass is 35.5. The number of nitrogens with zero attached hydrogens (tertiary/aromatic N) is 1. The van der Waals surface area contributed by atoms with Crippen LogP contribution in [0, 0.1) is 11.3 Å². The lowest BCUT2D eigenvalue weighted by molar-refractivity contribution is 0.596. The van der Waals surface area contributed by atoms with Gasteiger partial charge < -0.3 is 0 Å². The van der Waals surface area contributed by atoms with E-state index in [-0.39, 0.29) is 22.1 Å². The Hall–Kier alpha value is -0.760. The summed E-state index contributed by atoms with van der Waals surface area (Å²) < 4.78 is 23.2. The summed E-state index contributed by atoms with van der Waals surface area (Å²) in [5, 5.41) is 8.80. The second-order valence-corrected chi connectivity index (χ2v) is 5.73. The molecule has 0 aliphatic heterocycles. The highest BCUT2D eigenvalue weighted by molar-refractivity contribution is 7.91. The zero-order chi connectivity index (χ0) is 11.5. The monoisotopic (exact) mass is 263 g/mol. The van der Waals surface area contributed by atoms with Crippen molar-refractivity contribution in [1.29, 1.82) is 5.26 Å². The summed E-state index contributed by atoms with van der Waals surface area (Å²) in [6.45, 7) is 0. The summed E-state index contributed by atoms with van der Waals surface area (Å²) in [7, 11) is -3.43. The topological polar surface area (TPSA) is 57.9 Å². The van der Waals surface area contributed by atoms with E-state index in [1.165, 1.54) is 18.2 Å². The van der Waals surface area contributed by atoms with Gasteiger partial charge in [-0.2, -0.15) is 5.26 Å². The van der Waals surface area contributed by atoms with Crippen LogP contribution in [0.1, 0.15) is 6.42 Å². The van der Waals surface area contributed by atoms with Crippen molar-refractivity contribution in [2.75, 3.05) is 5.75 Å². The Balaban J connectivity index is 3.07. The molecule has 0 aromatic heterocycles. The van der Waals surface area contributed by atoms with Crippen LogP contribution in [-0.2, 0) is 9.84 Å². The fourth-order valence-electron chi connectivity index (χ4n) is 0.968. The van der Waals surface area contributed by atoms with E-state index in [0.717, 1.165) is 0 Å². The van der Waals surface area contributed by atoms with Gasteiger partial charge in [-0.15, -0.1) is 0 Å². The third-order valence-electron chi connectivity index (χ3n) is 1.73. The fraction of sp³-hybridized carbons (Fsp3) is 0.222. The Morgan fingerprint density at radius 1 is 1.27 bits per heavy atom. The smallest absolute Gasteiger partial charge is 0.179 e. The summed E-state index contributed by atoms with van der Waals surface area (Å²) in [5.74, 6) is -0.207. The number of nitriles is 1. The van der Waals surface area contributed by atoms with Gasteiger partial charge in [-0.05, 0) is 18.2 Å². The molecule has 0 N–H and O–H groups in total. The quantitative estimate of drug-likeness (QED) is 0.843. The molecule has 0 aliphatic carbocycles. The molecule has 0 heterocycles. The first-order valence-corrected chi connectivity index (χ1v) is 6.43. The van der Waals surface area contributed by atoms with Gasteiger partial charge in [0.05, 0.1) is 26.8 Å². The Morgan fingerprint density at radius 2 is 1.93 bits per heavy atom. The van der Waals surface area contributed by atoms with E-state index in [1.54, 1.807) is 6.07 Å². The highest BCUT2D eigenvalue weighted by Crippen LogP contribution is 2.25. The molecule has 0 fully saturated rings. The summed E-state index contributed by atoms with van der Waals surface area (Å²) in [5.41, 5.74) is 0. The van der Waals surface area contributed by atoms with E-state index in [1.807, 2.05) is 0 Å². The van der Waals surface area contributed by atoms with Crippen molar-refractivity contribution >= 4 is 33.0 Å². The van der Waals surface area contributed by atoms with Crippen LogP contribution in [0.5, 0.6) is 0 Å². The van der Waals surface area contributed by atoms with Crippen molar-refractivity contribution in [3.05, 3.63) is 28.2 Å². The SMILES string of the molecule is N#CCCS(=O)(=O)c1ccc(Cl)c(Cl)c1. The molecule has 0 saturated heterocycles. The predicted molar refractivity (Wildman–Crippen MR) is 58.7 cm³/mol. The molecule has 0 radical (unpaired) electrons. The maximum atomic E-state index is 11.6. The maximum Gasteiger partial charge on any atom is 0.179 e. The van der Waals surface area contributed by atoms with E-state index in [2.05, 4.69) is 0 Å². The molecular weight excluding hydrogens is 257 g/mol. The van der Waals surface area contributed by atoms with Gasteiger partial charge in [-0.3, -0.25) is 0 Å². The van der Waals surface area contributed by atoms with Crippen LogP contribution >= 0.6 is 23.2 Å². The number of hydrogen-bond donors (Lipinski definition) is 0. The molecule has 80 valence electrons. The number of rotatable bonds is 3. The fourth-order valence-corrected chi connectivity index (χ4v) is 2.50. The zero-order valence-electron chi connectivity index (χ0n) is 7.57. The standard InChI is InChI=1S/C9H7Cl2NO2S/c10-8-3-2-7(6-9(8)11)15(13,14)5-1-4-12/h2-3,6H,1,5H2. The maximum absolute atomic E-state index is 11.6. The first-order valence-electron chi connectivity index (χ1n) is 4.02. The second-order valence-electron chi connectivity index (χ2n) is 2.80. The van der Waals surface area contributed by atoms with Gasteiger partial charge in [0.1, 0.15) is 0 Å². The number of halogens is 2. The lowest BCUT2D eigenvalue weighted by Crippen LogP contribution is -2.06. The first kappa shape index (κ1) is 12.3. The van der Waals surface area contributed by atoms with Crippen LogP contribution in [0.3, 0.4) is 0 Å². The number of sulfone groups is 1. The van der Waals surface area contributed by atoms with Crippen LogP contribution in [0.4, 0.5) is 0 Å². The van der Waals surface area contributed by atoms with E-state index in [0.29, 0.717) is 5.02 Å². The summed E-state index contributed by atoms with van der Waals surface area (Å²) in [6.07, 6.45) is -0.0391. The van der Waals surface area contributed by atoms with Crippen molar-refractivity contribution in [2.45, 2.75) is 11.3 Å². The third kappa shape index (κ3) is 3.10. The van der Waals surface area contributed by atoms with E-state index in [9.17, 15) is 8.42 Å². The Kier molecular flexibility index (Phi) is 3.97. The summed E-state index contributed by atoms with van der Waals surface area (Å²) in [6, 6.07) is 5.87. The summed E-state index contributed by atoms with van der Waals surface area (Å²) >= 11 is 11.3. The highest BCUT2D eigenvalue weighted by Gasteiger charge is 2.15. The first-order chi connectivity index (χ1) is 6.97. The molecule has 1 aromatic rings. The van der Waals surface area contributed by atoms with Gasteiger partial charge in [0.15, 0.2) is 9.84 Å². The molecule has 1 aromatic carbocycles. The summed E-state index contributed by atoms with van der Waals surface area (Å²) in [4.78, 5) is 0.0900. The molecular formula is C9H7Cl2NO2S. The second kappa shape index (κ2) is 4.84. The molecule has 0 saturated carbocycles. The largest absolute Gasteiger partial charge is 0.224 e. The lowest BCUT2D eigenvalue weighted by Gasteiger charge is -2.03. The van der Waals surface area contributed by atoms with Gasteiger partial charge in [0.25, 0.3) is 0 Å². The molecule has 15 heavy (non-hydrogen) atoms. The van der Waals surface area contributed by atoms with Crippen molar-refractivity contribution in [2.24, 2.45) is 0 Å². The molecule has 6 heteroatoms. The number of benzene rings is 1.